The van der Waals surface area contributed by atoms with Gasteiger partial charge < -0.3 is 14.9 Å². The highest BCUT2D eigenvalue weighted by Crippen LogP contribution is 2.26. The molecule has 0 radical (unpaired) electrons. The summed E-state index contributed by atoms with van der Waals surface area (Å²) < 4.78 is 5.43. The van der Waals surface area contributed by atoms with Crippen LogP contribution in [0, 0.1) is 17.8 Å². The predicted octanol–water partition coefficient (Wildman–Crippen LogP) is 1.24. The van der Waals surface area contributed by atoms with Crippen molar-refractivity contribution in [1.82, 2.24) is 4.90 Å². The van der Waals surface area contributed by atoms with E-state index in [1.807, 2.05) is 18.2 Å². The van der Waals surface area contributed by atoms with E-state index in [-0.39, 0.29) is 13.2 Å². The van der Waals surface area contributed by atoms with Gasteiger partial charge in [-0.25, -0.2) is 0 Å². The van der Waals surface area contributed by atoms with Crippen molar-refractivity contribution in [2.75, 3.05) is 33.4 Å². The summed E-state index contributed by atoms with van der Waals surface area (Å²) in [6.07, 6.45) is 2.03. The van der Waals surface area contributed by atoms with Crippen LogP contribution < -0.4 is 4.74 Å². The molecule has 4 nitrogen and oxygen atoms in total. The molecule has 0 aliphatic carbocycles. The fraction of sp³-hybridized carbons (Fsp3) is 0.529. The van der Waals surface area contributed by atoms with Crippen LogP contribution in [0.4, 0.5) is 0 Å². The van der Waals surface area contributed by atoms with Gasteiger partial charge >= 0.3 is 0 Å². The first-order valence-corrected chi connectivity index (χ1v) is 7.36. The van der Waals surface area contributed by atoms with E-state index in [1.54, 1.807) is 7.11 Å². The second-order valence-electron chi connectivity index (χ2n) is 5.39. The largest absolute Gasteiger partial charge is 0.496 e. The van der Waals surface area contributed by atoms with Crippen LogP contribution in [0.5, 0.6) is 5.75 Å². The maximum atomic E-state index is 9.03. The molecule has 2 N–H and O–H groups in total. The number of nitrogens with zero attached hydrogens (tertiary/aromatic N) is 1. The summed E-state index contributed by atoms with van der Waals surface area (Å²) in [7, 11) is 1.68. The van der Waals surface area contributed by atoms with Gasteiger partial charge in [-0.2, -0.15) is 0 Å². The predicted molar refractivity (Wildman–Crippen MR) is 82.0 cm³/mol. The van der Waals surface area contributed by atoms with E-state index in [4.69, 9.17) is 14.9 Å². The topological polar surface area (TPSA) is 52.9 Å². The average molecular weight is 289 g/mol. The number of aliphatic hydroxyl groups excluding tert-OH is 2. The van der Waals surface area contributed by atoms with Crippen molar-refractivity contribution in [2.24, 2.45) is 5.92 Å². The molecule has 1 aromatic rings. The zero-order chi connectivity index (χ0) is 15.1. The molecular weight excluding hydrogens is 266 g/mol. The van der Waals surface area contributed by atoms with Crippen LogP contribution >= 0.6 is 0 Å². The van der Waals surface area contributed by atoms with Crippen LogP contribution in [0.3, 0.4) is 0 Å². The molecule has 1 aliphatic heterocycles. The first-order chi connectivity index (χ1) is 10.3. The summed E-state index contributed by atoms with van der Waals surface area (Å²) in [6.45, 7) is 3.06. The summed E-state index contributed by atoms with van der Waals surface area (Å²) in [4.78, 5) is 2.39. The first kappa shape index (κ1) is 15.8. The van der Waals surface area contributed by atoms with Crippen molar-refractivity contribution in [3.63, 3.8) is 0 Å². The summed E-state index contributed by atoms with van der Waals surface area (Å²) in [5.41, 5.74) is 2.01. The van der Waals surface area contributed by atoms with Gasteiger partial charge in [0.1, 0.15) is 12.4 Å². The molecule has 21 heavy (non-hydrogen) atoms. The average Bonchev–Trinajstić information content (AvgIpc) is 2.93. The van der Waals surface area contributed by atoms with Gasteiger partial charge in [0.15, 0.2) is 0 Å². The Kier molecular flexibility index (Phi) is 6.06. The Morgan fingerprint density at radius 3 is 2.95 bits per heavy atom. The number of aliphatic hydroxyl groups is 2. The minimum absolute atomic E-state index is 0.129. The number of benzene rings is 1. The summed E-state index contributed by atoms with van der Waals surface area (Å²) in [5, 5.41) is 17.8. The molecule has 1 aromatic carbocycles. The van der Waals surface area contributed by atoms with Crippen LogP contribution in [-0.2, 0) is 6.54 Å². The third-order valence-electron chi connectivity index (χ3n) is 3.89. The molecule has 0 spiro atoms. The molecule has 1 unspecified atom stereocenters. The van der Waals surface area contributed by atoms with E-state index in [9.17, 15) is 0 Å². The number of ether oxygens (including phenoxy) is 1. The Morgan fingerprint density at radius 2 is 2.24 bits per heavy atom. The van der Waals surface area contributed by atoms with Crippen LogP contribution in [-0.4, -0.2) is 48.5 Å². The smallest absolute Gasteiger partial charge is 0.123 e. The molecule has 114 valence electrons. The van der Waals surface area contributed by atoms with Gasteiger partial charge in [-0.1, -0.05) is 11.8 Å². The highest BCUT2D eigenvalue weighted by Gasteiger charge is 2.22. The van der Waals surface area contributed by atoms with Gasteiger partial charge in [0.2, 0.25) is 0 Å². The minimum atomic E-state index is -0.129. The van der Waals surface area contributed by atoms with Crippen LogP contribution in [0.15, 0.2) is 18.2 Å². The Hall–Kier alpha value is -1.54. The third kappa shape index (κ3) is 4.47. The van der Waals surface area contributed by atoms with E-state index in [2.05, 4.69) is 16.7 Å². The number of methoxy groups -OCH3 is 1. The molecule has 2 rings (SSSR count). The van der Waals surface area contributed by atoms with E-state index < -0.39 is 0 Å². The van der Waals surface area contributed by atoms with Gasteiger partial charge in [0.05, 0.1) is 7.11 Å². The van der Waals surface area contributed by atoms with Gasteiger partial charge in [0, 0.05) is 30.8 Å². The van der Waals surface area contributed by atoms with Crippen LogP contribution in [0.1, 0.15) is 24.0 Å². The van der Waals surface area contributed by atoms with Crippen LogP contribution in [0.2, 0.25) is 0 Å². The monoisotopic (exact) mass is 289 g/mol. The molecule has 4 heteroatoms. The van der Waals surface area contributed by atoms with Crippen molar-refractivity contribution in [3.8, 4) is 17.6 Å². The number of hydrogen-bond donors (Lipinski definition) is 2. The molecule has 1 heterocycles. The number of hydrogen-bond acceptors (Lipinski definition) is 4. The normalized spacial score (nSPS) is 18.3. The highest BCUT2D eigenvalue weighted by atomic mass is 16.5. The lowest BCUT2D eigenvalue weighted by Gasteiger charge is -2.18. The summed E-state index contributed by atoms with van der Waals surface area (Å²) in [6, 6.07) is 5.86. The van der Waals surface area contributed by atoms with E-state index >= 15 is 0 Å². The van der Waals surface area contributed by atoms with Gasteiger partial charge in [-0.3, -0.25) is 4.90 Å². The maximum Gasteiger partial charge on any atom is 0.123 e. The van der Waals surface area contributed by atoms with E-state index in [1.165, 1.54) is 0 Å². The quantitative estimate of drug-likeness (QED) is 0.801. The molecule has 1 fully saturated rings. The number of rotatable bonds is 5. The molecule has 0 amide bonds. The highest BCUT2D eigenvalue weighted by molar-refractivity contribution is 5.44. The third-order valence-corrected chi connectivity index (χ3v) is 3.89. The van der Waals surface area contributed by atoms with E-state index in [0.717, 1.165) is 49.4 Å². The fourth-order valence-corrected chi connectivity index (χ4v) is 2.84. The van der Waals surface area contributed by atoms with Gasteiger partial charge in [-0.05, 0) is 43.5 Å². The molecule has 1 saturated heterocycles. The molecular formula is C17H23NO3. The summed E-state index contributed by atoms with van der Waals surface area (Å²) in [5.74, 6) is 7.07. The molecule has 0 saturated carbocycles. The standard InChI is InChI=1S/C17H23NO3/c1-21-17-5-4-14(3-2-9-19)11-16(17)13-18-8-6-15(12-18)7-10-20/h4-5,11,15,19-20H,6-10,12-13H2,1H3. The fourth-order valence-electron chi connectivity index (χ4n) is 2.84. The van der Waals surface area contributed by atoms with Gasteiger partial charge in [-0.15, -0.1) is 0 Å². The lowest BCUT2D eigenvalue weighted by atomic mass is 10.1. The van der Waals surface area contributed by atoms with Crippen molar-refractivity contribution >= 4 is 0 Å². The molecule has 0 aromatic heterocycles. The zero-order valence-corrected chi connectivity index (χ0v) is 12.5. The maximum absolute atomic E-state index is 9.03. The van der Waals surface area contributed by atoms with Crippen molar-refractivity contribution < 1.29 is 14.9 Å². The van der Waals surface area contributed by atoms with Crippen molar-refractivity contribution in [2.45, 2.75) is 19.4 Å². The molecule has 1 atom stereocenters. The number of likely N-dealkylation sites (tertiary alicyclic amines) is 1. The van der Waals surface area contributed by atoms with Gasteiger partial charge in [0.25, 0.3) is 0 Å². The Bertz CT molecular complexity index is 519. The summed E-state index contributed by atoms with van der Waals surface area (Å²) >= 11 is 0. The second kappa shape index (κ2) is 8.04. The lowest BCUT2D eigenvalue weighted by Crippen LogP contribution is -2.20. The first-order valence-electron chi connectivity index (χ1n) is 7.36. The Balaban J connectivity index is 2.07. The van der Waals surface area contributed by atoms with Crippen LogP contribution in [0.25, 0.3) is 0 Å². The van der Waals surface area contributed by atoms with Crippen molar-refractivity contribution in [1.29, 1.82) is 0 Å². The Labute approximate surface area is 126 Å². The SMILES string of the molecule is COc1ccc(C#CCO)cc1CN1CCC(CCO)C1. The second-order valence-corrected chi connectivity index (χ2v) is 5.39. The minimum Gasteiger partial charge on any atom is -0.496 e. The molecule has 1 aliphatic rings. The zero-order valence-electron chi connectivity index (χ0n) is 12.5. The lowest BCUT2D eigenvalue weighted by molar-refractivity contribution is 0.248. The Morgan fingerprint density at radius 1 is 1.38 bits per heavy atom. The van der Waals surface area contributed by atoms with Crippen molar-refractivity contribution in [3.05, 3.63) is 29.3 Å². The van der Waals surface area contributed by atoms with E-state index in [0.29, 0.717) is 5.92 Å². The molecule has 0 bridgehead atoms.